The van der Waals surface area contributed by atoms with Crippen LogP contribution in [0.25, 0.3) is 0 Å². The lowest BCUT2D eigenvalue weighted by molar-refractivity contribution is 0.559. The highest BCUT2D eigenvalue weighted by Crippen LogP contribution is 2.28. The molecule has 0 radical (unpaired) electrons. The first-order chi connectivity index (χ1) is 8.63. The molecule has 3 nitrogen and oxygen atoms in total. The Morgan fingerprint density at radius 3 is 2.61 bits per heavy atom. The molecular formula is C13H19N3S2. The molecule has 0 bridgehead atoms. The van der Waals surface area contributed by atoms with Gasteiger partial charge in [0, 0.05) is 21.1 Å². The number of nitrogens with zero attached hydrogens (tertiary/aromatic N) is 1. The van der Waals surface area contributed by atoms with Crippen LogP contribution in [0.2, 0.25) is 0 Å². The average Bonchev–Trinajstić information content (AvgIpc) is 2.94. The van der Waals surface area contributed by atoms with E-state index in [0.717, 1.165) is 23.5 Å². The number of thiazole rings is 1. The molecule has 2 rings (SSSR count). The van der Waals surface area contributed by atoms with Crippen LogP contribution in [0.4, 0.5) is 0 Å². The third kappa shape index (κ3) is 2.98. The van der Waals surface area contributed by atoms with Crippen LogP contribution >= 0.6 is 22.7 Å². The summed E-state index contributed by atoms with van der Waals surface area (Å²) in [6.45, 7) is 6.34. The molecule has 98 valence electrons. The van der Waals surface area contributed by atoms with E-state index in [1.165, 1.54) is 14.6 Å². The van der Waals surface area contributed by atoms with Crippen LogP contribution in [0.5, 0.6) is 0 Å². The number of hydrogen-bond donors (Lipinski definition) is 2. The summed E-state index contributed by atoms with van der Waals surface area (Å²) in [5, 5.41) is 1.15. The number of aryl methyl sites for hydroxylation is 3. The molecule has 3 N–H and O–H groups in total. The Balaban J connectivity index is 2.13. The van der Waals surface area contributed by atoms with E-state index >= 15 is 0 Å². The zero-order chi connectivity index (χ0) is 13.1. The van der Waals surface area contributed by atoms with Gasteiger partial charge in [0.1, 0.15) is 0 Å². The molecule has 0 aromatic carbocycles. The van der Waals surface area contributed by atoms with Crippen molar-refractivity contribution in [2.24, 2.45) is 5.84 Å². The lowest BCUT2D eigenvalue weighted by Gasteiger charge is -2.12. The number of nitrogens with two attached hydrogens (primary N) is 1. The summed E-state index contributed by atoms with van der Waals surface area (Å²) in [6, 6.07) is 4.52. The Labute approximate surface area is 116 Å². The second-order valence-electron chi connectivity index (χ2n) is 4.33. The Kier molecular flexibility index (Phi) is 4.50. The highest BCUT2D eigenvalue weighted by Gasteiger charge is 2.15. The monoisotopic (exact) mass is 281 g/mol. The van der Waals surface area contributed by atoms with E-state index < -0.39 is 0 Å². The molecule has 0 aliphatic rings. The summed E-state index contributed by atoms with van der Waals surface area (Å²) >= 11 is 3.59. The highest BCUT2D eigenvalue weighted by molar-refractivity contribution is 7.12. The summed E-state index contributed by atoms with van der Waals surface area (Å²) in [7, 11) is 0. The maximum Gasteiger partial charge on any atom is 0.0950 e. The van der Waals surface area contributed by atoms with E-state index in [0.29, 0.717) is 0 Å². The van der Waals surface area contributed by atoms with Gasteiger partial charge in [-0.15, -0.1) is 22.7 Å². The lowest BCUT2D eigenvalue weighted by atomic mass is 10.2. The van der Waals surface area contributed by atoms with E-state index in [1.54, 1.807) is 11.3 Å². The quantitative estimate of drug-likeness (QED) is 0.654. The van der Waals surface area contributed by atoms with Gasteiger partial charge in [-0.25, -0.2) is 4.98 Å². The smallest absolute Gasteiger partial charge is 0.0950 e. The number of aromatic nitrogens is 1. The van der Waals surface area contributed by atoms with Crippen LogP contribution in [0.15, 0.2) is 12.1 Å². The SMILES string of the molecule is CCc1ccc(C(Cc2nc(C)c(C)s2)NN)s1. The summed E-state index contributed by atoms with van der Waals surface area (Å²) in [6.07, 6.45) is 1.94. The number of rotatable bonds is 5. The van der Waals surface area contributed by atoms with Gasteiger partial charge in [0.2, 0.25) is 0 Å². The minimum absolute atomic E-state index is 0.167. The lowest BCUT2D eigenvalue weighted by Crippen LogP contribution is -2.28. The van der Waals surface area contributed by atoms with Crippen LogP contribution in [0.3, 0.4) is 0 Å². The molecule has 0 amide bonds. The van der Waals surface area contributed by atoms with Crippen molar-refractivity contribution in [3.05, 3.63) is 37.5 Å². The molecule has 0 spiro atoms. The Morgan fingerprint density at radius 1 is 1.33 bits per heavy atom. The molecule has 0 aliphatic carbocycles. The first kappa shape index (κ1) is 13.7. The van der Waals surface area contributed by atoms with Crippen LogP contribution in [0.1, 0.15) is 38.3 Å². The average molecular weight is 281 g/mol. The molecular weight excluding hydrogens is 262 g/mol. The maximum atomic E-state index is 5.68. The predicted octanol–water partition coefficient (Wildman–Crippen LogP) is 3.13. The van der Waals surface area contributed by atoms with E-state index in [-0.39, 0.29) is 6.04 Å². The van der Waals surface area contributed by atoms with Gasteiger partial charge in [0.25, 0.3) is 0 Å². The third-order valence-corrected chi connectivity index (χ3v) is 5.47. The van der Waals surface area contributed by atoms with Crippen molar-refractivity contribution in [1.82, 2.24) is 10.4 Å². The van der Waals surface area contributed by atoms with Crippen LogP contribution in [-0.2, 0) is 12.8 Å². The van der Waals surface area contributed by atoms with E-state index in [1.807, 2.05) is 11.3 Å². The van der Waals surface area contributed by atoms with Gasteiger partial charge in [-0.05, 0) is 32.4 Å². The largest absolute Gasteiger partial charge is 0.271 e. The molecule has 0 aliphatic heterocycles. The Bertz CT molecular complexity index is 497. The minimum atomic E-state index is 0.167. The molecule has 1 unspecified atom stereocenters. The molecule has 2 aromatic heterocycles. The zero-order valence-electron chi connectivity index (χ0n) is 11.0. The van der Waals surface area contributed by atoms with Gasteiger partial charge in [0.15, 0.2) is 0 Å². The van der Waals surface area contributed by atoms with Crippen molar-refractivity contribution in [2.45, 2.75) is 39.7 Å². The van der Waals surface area contributed by atoms with Gasteiger partial charge >= 0.3 is 0 Å². The van der Waals surface area contributed by atoms with Gasteiger partial charge < -0.3 is 0 Å². The topological polar surface area (TPSA) is 50.9 Å². The highest BCUT2D eigenvalue weighted by atomic mass is 32.1. The maximum absolute atomic E-state index is 5.68. The molecule has 2 heterocycles. The fraction of sp³-hybridized carbons (Fsp3) is 0.462. The summed E-state index contributed by atoms with van der Waals surface area (Å²) in [5.74, 6) is 5.68. The number of hydrazine groups is 1. The van der Waals surface area contributed by atoms with E-state index in [2.05, 4.69) is 43.3 Å². The second-order valence-corrected chi connectivity index (χ2v) is 6.82. The molecule has 2 aromatic rings. The Hall–Kier alpha value is -0.750. The van der Waals surface area contributed by atoms with Crippen molar-refractivity contribution < 1.29 is 0 Å². The summed E-state index contributed by atoms with van der Waals surface area (Å²) in [5.41, 5.74) is 4.04. The molecule has 1 atom stereocenters. The molecule has 5 heteroatoms. The summed E-state index contributed by atoms with van der Waals surface area (Å²) < 4.78 is 0. The number of hydrogen-bond acceptors (Lipinski definition) is 5. The third-order valence-electron chi connectivity index (χ3n) is 3.03. The van der Waals surface area contributed by atoms with Gasteiger partial charge in [-0.3, -0.25) is 11.3 Å². The fourth-order valence-electron chi connectivity index (χ4n) is 1.81. The number of thiophene rings is 1. The summed E-state index contributed by atoms with van der Waals surface area (Å²) in [4.78, 5) is 8.56. The molecule has 0 saturated carbocycles. The van der Waals surface area contributed by atoms with E-state index in [9.17, 15) is 0 Å². The van der Waals surface area contributed by atoms with Crippen molar-refractivity contribution in [1.29, 1.82) is 0 Å². The zero-order valence-corrected chi connectivity index (χ0v) is 12.6. The molecule has 0 saturated heterocycles. The van der Waals surface area contributed by atoms with Crippen molar-refractivity contribution in [3.8, 4) is 0 Å². The van der Waals surface area contributed by atoms with Gasteiger partial charge in [0.05, 0.1) is 16.7 Å². The second kappa shape index (κ2) is 5.93. The van der Waals surface area contributed by atoms with E-state index in [4.69, 9.17) is 5.84 Å². The van der Waals surface area contributed by atoms with Gasteiger partial charge in [-0.1, -0.05) is 6.92 Å². The molecule has 18 heavy (non-hydrogen) atoms. The normalized spacial score (nSPS) is 12.9. The standard InChI is InChI=1S/C13H19N3S2/c1-4-10-5-6-12(18-10)11(16-14)7-13-15-8(2)9(3)17-13/h5-6,11,16H,4,7,14H2,1-3H3. The predicted molar refractivity (Wildman–Crippen MR) is 79.1 cm³/mol. The first-order valence-corrected chi connectivity index (χ1v) is 7.75. The van der Waals surface area contributed by atoms with Crippen molar-refractivity contribution >= 4 is 22.7 Å². The Morgan fingerprint density at radius 2 is 2.11 bits per heavy atom. The van der Waals surface area contributed by atoms with Crippen LogP contribution < -0.4 is 11.3 Å². The minimum Gasteiger partial charge on any atom is -0.271 e. The first-order valence-electron chi connectivity index (χ1n) is 6.11. The molecule has 0 fully saturated rings. The van der Waals surface area contributed by atoms with Gasteiger partial charge in [-0.2, -0.15) is 0 Å². The van der Waals surface area contributed by atoms with Crippen molar-refractivity contribution in [3.63, 3.8) is 0 Å². The number of nitrogens with one attached hydrogen (secondary N) is 1. The fourth-order valence-corrected chi connectivity index (χ4v) is 3.81. The van der Waals surface area contributed by atoms with Crippen molar-refractivity contribution in [2.75, 3.05) is 0 Å². The van der Waals surface area contributed by atoms with Crippen LogP contribution in [0, 0.1) is 13.8 Å². The van der Waals surface area contributed by atoms with Crippen LogP contribution in [-0.4, -0.2) is 4.98 Å².